The Morgan fingerprint density at radius 3 is 1.49 bits per heavy atom. The fourth-order valence-corrected chi connectivity index (χ4v) is 9.90. The van der Waals surface area contributed by atoms with Crippen LogP contribution in [0.4, 0.5) is 8.78 Å². The molecule has 0 fully saturated rings. The van der Waals surface area contributed by atoms with Gasteiger partial charge in [0.15, 0.2) is 0 Å². The lowest BCUT2D eigenvalue weighted by Crippen LogP contribution is -2.53. The molecule has 10 rings (SSSR count). The minimum atomic E-state index is -3.08. The summed E-state index contributed by atoms with van der Waals surface area (Å²) in [6, 6.07) is 58.4. The van der Waals surface area contributed by atoms with Crippen molar-refractivity contribution in [2.24, 2.45) is 0 Å². The van der Waals surface area contributed by atoms with Crippen molar-refractivity contribution < 1.29 is 8.78 Å². The average Bonchev–Trinajstić information content (AvgIpc) is 3.79. The molecule has 2 aromatic heterocycles. The van der Waals surface area contributed by atoms with Crippen molar-refractivity contribution in [1.82, 2.24) is 9.13 Å². The molecule has 9 aromatic rings. The van der Waals surface area contributed by atoms with Crippen molar-refractivity contribution in [1.29, 1.82) is 0 Å². The van der Waals surface area contributed by atoms with Gasteiger partial charge in [0.2, 0.25) is 0 Å². The summed E-state index contributed by atoms with van der Waals surface area (Å²) in [4.78, 5) is 0. The average molecular weight is 775 g/mol. The predicted molar refractivity (Wildman–Crippen MR) is 243 cm³/mol. The van der Waals surface area contributed by atoms with Gasteiger partial charge in [0.05, 0.1) is 27.4 Å². The second-order valence-corrected chi connectivity index (χ2v) is 17.4. The van der Waals surface area contributed by atoms with Gasteiger partial charge in [-0.3, -0.25) is 0 Å². The first kappa shape index (κ1) is 37.0. The smallest absolute Gasteiger partial charge is 0.265 e. The molecule has 4 heteroatoms. The van der Waals surface area contributed by atoms with Gasteiger partial charge in [-0.2, -0.15) is 0 Å². The summed E-state index contributed by atoms with van der Waals surface area (Å²) in [6.45, 7) is 6.71. The van der Waals surface area contributed by atoms with Gasteiger partial charge in [-0.05, 0) is 141 Å². The Labute approximate surface area is 345 Å². The van der Waals surface area contributed by atoms with Gasteiger partial charge in [-0.15, -0.1) is 0 Å². The summed E-state index contributed by atoms with van der Waals surface area (Å²) in [5.74, 6) is -3.08. The summed E-state index contributed by atoms with van der Waals surface area (Å²) < 4.78 is 38.9. The maximum Gasteiger partial charge on any atom is 0.265 e. The topological polar surface area (TPSA) is 9.86 Å². The maximum absolute atomic E-state index is 17.1. The van der Waals surface area contributed by atoms with Gasteiger partial charge in [-0.1, -0.05) is 121 Å². The first-order valence-corrected chi connectivity index (χ1v) is 20.9. The number of aryl methyl sites for hydroxylation is 1. The van der Waals surface area contributed by atoms with E-state index in [1.807, 2.05) is 54.6 Å². The van der Waals surface area contributed by atoms with E-state index in [4.69, 9.17) is 0 Å². The Balaban J connectivity index is 0.902. The van der Waals surface area contributed by atoms with Crippen LogP contribution in [0.3, 0.4) is 0 Å². The van der Waals surface area contributed by atoms with Crippen LogP contribution in [0.15, 0.2) is 170 Å². The van der Waals surface area contributed by atoms with Crippen LogP contribution in [0.1, 0.15) is 62.9 Å². The molecule has 0 saturated heterocycles. The lowest BCUT2D eigenvalue weighted by molar-refractivity contribution is -0.122. The molecule has 1 aliphatic carbocycles. The number of halogens is 2. The highest BCUT2D eigenvalue weighted by atomic mass is 19.3. The van der Waals surface area contributed by atoms with E-state index in [9.17, 15) is 0 Å². The fourth-order valence-electron chi connectivity index (χ4n) is 9.90. The molecule has 1 aliphatic rings. The number of para-hydroxylation sites is 3. The predicted octanol–water partition coefficient (Wildman–Crippen LogP) is 14.8. The molecule has 0 N–H and O–H groups in total. The molecule has 0 amide bonds. The minimum Gasteiger partial charge on any atom is -0.313 e. The molecule has 0 bridgehead atoms. The highest BCUT2D eigenvalue weighted by molar-refractivity contribution is 6.10. The number of fused-ring (bicyclic) bond motifs is 6. The van der Waals surface area contributed by atoms with Crippen LogP contribution in [0.2, 0.25) is 0 Å². The van der Waals surface area contributed by atoms with E-state index < -0.39 is 16.8 Å². The second kappa shape index (κ2) is 13.9. The number of benzene rings is 7. The molecule has 7 aromatic carbocycles. The molecule has 2 nitrogen and oxygen atoms in total. The first-order chi connectivity index (χ1) is 28.5. The van der Waals surface area contributed by atoms with Crippen molar-refractivity contribution >= 4 is 32.7 Å². The lowest BCUT2D eigenvalue weighted by Gasteiger charge is -2.45. The first-order valence-electron chi connectivity index (χ1n) is 20.9. The summed E-state index contributed by atoms with van der Waals surface area (Å²) >= 11 is 0. The second-order valence-electron chi connectivity index (χ2n) is 17.4. The molecule has 0 saturated carbocycles. The highest BCUT2D eigenvalue weighted by Gasteiger charge is 2.58. The van der Waals surface area contributed by atoms with Crippen LogP contribution in [-0.2, 0) is 23.7 Å². The van der Waals surface area contributed by atoms with E-state index in [0.29, 0.717) is 11.1 Å². The standard InChI is InChI=1S/C55H48F2N2/c1-53(2,41-29-22-37(23-30-41)38-26-33-44(34-27-38)59-49-19-11-8-16-45(49)46-17-9-12-20-50(46)59)55(56,57)54(3,4)42-31-24-39(25-32-42)40-28-35-52-48(36-40)47-18-10-13-21-51(47)58(52)43-14-6-5-7-15-43/h5-8,10-11,13-16,18-19,21-36H,9,12,17,20H2,1-4H3. The van der Waals surface area contributed by atoms with Gasteiger partial charge < -0.3 is 9.13 Å². The Bertz CT molecular complexity index is 2980. The third-order valence-corrected chi connectivity index (χ3v) is 13.4. The Morgan fingerprint density at radius 1 is 0.407 bits per heavy atom. The Kier molecular flexibility index (Phi) is 8.75. The van der Waals surface area contributed by atoms with Gasteiger partial charge in [0, 0.05) is 33.2 Å². The van der Waals surface area contributed by atoms with Crippen LogP contribution in [0.25, 0.3) is 66.3 Å². The molecule has 0 aliphatic heterocycles. The minimum absolute atomic E-state index is 0.606. The quantitative estimate of drug-likeness (QED) is 0.146. The molecule has 0 radical (unpaired) electrons. The monoisotopic (exact) mass is 774 g/mol. The fraction of sp³-hybridized carbons (Fsp3) is 0.200. The molecule has 2 heterocycles. The molecular formula is C55H48F2N2. The number of aromatic nitrogens is 2. The van der Waals surface area contributed by atoms with E-state index in [-0.39, 0.29) is 0 Å². The third kappa shape index (κ3) is 5.86. The highest BCUT2D eigenvalue weighted by Crippen LogP contribution is 2.52. The zero-order valence-electron chi connectivity index (χ0n) is 34.1. The molecule has 0 unspecified atom stereocenters. The number of alkyl halides is 2. The summed E-state index contributed by atoms with van der Waals surface area (Å²) in [6.07, 6.45) is 4.68. The number of rotatable bonds is 8. The van der Waals surface area contributed by atoms with Crippen molar-refractivity contribution in [2.75, 3.05) is 0 Å². The van der Waals surface area contributed by atoms with Crippen LogP contribution < -0.4 is 0 Å². The van der Waals surface area contributed by atoms with Crippen LogP contribution in [-0.4, -0.2) is 15.1 Å². The molecule has 0 spiro atoms. The van der Waals surface area contributed by atoms with Crippen LogP contribution in [0, 0.1) is 0 Å². The maximum atomic E-state index is 17.1. The van der Waals surface area contributed by atoms with E-state index in [2.05, 4.69) is 124 Å². The molecule has 292 valence electrons. The zero-order chi connectivity index (χ0) is 40.5. The normalized spacial score (nSPS) is 13.7. The number of hydrogen-bond donors (Lipinski definition) is 0. The zero-order valence-corrected chi connectivity index (χ0v) is 34.1. The summed E-state index contributed by atoms with van der Waals surface area (Å²) in [5.41, 5.74) is 11.2. The van der Waals surface area contributed by atoms with Gasteiger partial charge in [0.25, 0.3) is 5.92 Å². The summed E-state index contributed by atoms with van der Waals surface area (Å²) in [5, 5.41) is 3.70. The van der Waals surface area contributed by atoms with E-state index >= 15 is 8.78 Å². The van der Waals surface area contributed by atoms with E-state index in [0.717, 1.165) is 62.9 Å². The molecule has 59 heavy (non-hydrogen) atoms. The number of hydrogen-bond acceptors (Lipinski definition) is 0. The van der Waals surface area contributed by atoms with Crippen molar-refractivity contribution in [3.05, 3.63) is 192 Å². The van der Waals surface area contributed by atoms with E-state index in [1.165, 1.54) is 40.4 Å². The van der Waals surface area contributed by atoms with Crippen molar-refractivity contribution in [2.45, 2.75) is 70.1 Å². The van der Waals surface area contributed by atoms with E-state index in [1.54, 1.807) is 27.7 Å². The van der Waals surface area contributed by atoms with Crippen molar-refractivity contribution in [3.63, 3.8) is 0 Å². The molecular weight excluding hydrogens is 727 g/mol. The SMILES string of the molecule is CC(C)(c1ccc(-c2ccc(-n3c4c(c5ccccc53)CCCC4)cc2)cc1)C(F)(F)C(C)(C)c1ccc(-c2ccc3c(c2)c2ccccc2n3-c2ccccc2)cc1. The third-order valence-electron chi connectivity index (χ3n) is 13.4. The summed E-state index contributed by atoms with van der Waals surface area (Å²) in [7, 11) is 0. The van der Waals surface area contributed by atoms with Crippen LogP contribution in [0.5, 0.6) is 0 Å². The van der Waals surface area contributed by atoms with Gasteiger partial charge in [0.1, 0.15) is 0 Å². The largest absolute Gasteiger partial charge is 0.313 e. The van der Waals surface area contributed by atoms with Crippen LogP contribution >= 0.6 is 0 Å². The lowest BCUT2D eigenvalue weighted by atomic mass is 9.65. The van der Waals surface area contributed by atoms with Gasteiger partial charge >= 0.3 is 0 Å². The van der Waals surface area contributed by atoms with Gasteiger partial charge in [-0.25, -0.2) is 8.78 Å². The Hall–Kier alpha value is -6.26. The Morgan fingerprint density at radius 2 is 0.864 bits per heavy atom. The number of nitrogens with zero attached hydrogens (tertiary/aromatic N) is 2. The molecule has 0 atom stereocenters. The van der Waals surface area contributed by atoms with Crippen molar-refractivity contribution in [3.8, 4) is 33.6 Å².